The summed E-state index contributed by atoms with van der Waals surface area (Å²) in [5, 5.41) is 9.43. The van der Waals surface area contributed by atoms with Gasteiger partial charge in [0.05, 0.1) is 6.61 Å². The van der Waals surface area contributed by atoms with Crippen LogP contribution in [0.25, 0.3) is 0 Å². The number of esters is 2. The molecule has 0 aliphatic rings. The lowest BCUT2D eigenvalue weighted by Crippen LogP contribution is -2.28. The summed E-state index contributed by atoms with van der Waals surface area (Å²) in [7, 11) is 0. The van der Waals surface area contributed by atoms with E-state index in [0.29, 0.717) is 12.8 Å². The van der Waals surface area contributed by atoms with Gasteiger partial charge in [-0.25, -0.2) is 0 Å². The molecule has 1 atom stereocenters. The second-order valence-corrected chi connectivity index (χ2v) is 9.84. The minimum Gasteiger partial charge on any atom is -0.462 e. The third-order valence-electron chi connectivity index (χ3n) is 6.40. The number of carbonyl (C=O) groups is 2. The first-order valence-corrected chi connectivity index (χ1v) is 14.6. The highest BCUT2D eigenvalue weighted by Gasteiger charge is 2.16. The van der Waals surface area contributed by atoms with E-state index >= 15 is 0 Å². The van der Waals surface area contributed by atoms with E-state index in [2.05, 4.69) is 13.8 Å². The van der Waals surface area contributed by atoms with Crippen molar-refractivity contribution in [1.82, 2.24) is 0 Å². The first kappa shape index (κ1) is 32.9. The van der Waals surface area contributed by atoms with Crippen molar-refractivity contribution in [1.29, 1.82) is 0 Å². The van der Waals surface area contributed by atoms with Crippen molar-refractivity contribution < 1.29 is 24.2 Å². The molecule has 0 aromatic rings. The monoisotopic (exact) mass is 484 g/mol. The molecular formula is C29H56O5. The summed E-state index contributed by atoms with van der Waals surface area (Å²) in [4.78, 5) is 23.9. The number of aliphatic hydroxyl groups excluding tert-OH is 1. The van der Waals surface area contributed by atoms with E-state index in [1.54, 1.807) is 0 Å². The lowest BCUT2D eigenvalue weighted by Gasteiger charge is -2.15. The van der Waals surface area contributed by atoms with E-state index in [0.717, 1.165) is 38.5 Å². The fourth-order valence-electron chi connectivity index (χ4n) is 4.14. The second-order valence-electron chi connectivity index (χ2n) is 9.84. The van der Waals surface area contributed by atoms with Gasteiger partial charge in [0.2, 0.25) is 0 Å². The Labute approximate surface area is 210 Å². The maximum absolute atomic E-state index is 12.0. The Morgan fingerprint density at radius 2 is 0.912 bits per heavy atom. The summed E-state index contributed by atoms with van der Waals surface area (Å²) in [5.41, 5.74) is 0. The molecule has 0 aromatic heterocycles. The van der Waals surface area contributed by atoms with E-state index in [9.17, 15) is 14.7 Å². The predicted molar refractivity (Wildman–Crippen MR) is 141 cm³/mol. The van der Waals surface area contributed by atoms with Crippen molar-refractivity contribution in [3.63, 3.8) is 0 Å². The highest BCUT2D eigenvalue weighted by Crippen LogP contribution is 2.13. The molecule has 202 valence electrons. The summed E-state index contributed by atoms with van der Waals surface area (Å²) in [6.45, 7) is 4.09. The van der Waals surface area contributed by atoms with Crippen molar-refractivity contribution in [2.45, 2.75) is 161 Å². The van der Waals surface area contributed by atoms with Gasteiger partial charge in [-0.15, -0.1) is 0 Å². The second kappa shape index (κ2) is 26.5. The Kier molecular flexibility index (Phi) is 25.6. The average Bonchev–Trinajstić information content (AvgIpc) is 2.84. The molecule has 34 heavy (non-hydrogen) atoms. The summed E-state index contributed by atoms with van der Waals surface area (Å²) in [5.74, 6) is -0.590. The molecule has 0 saturated carbocycles. The number of hydrogen-bond acceptors (Lipinski definition) is 5. The first-order valence-electron chi connectivity index (χ1n) is 14.6. The van der Waals surface area contributed by atoms with Crippen LogP contribution in [-0.4, -0.2) is 36.4 Å². The Bertz CT molecular complexity index is 452. The molecule has 0 saturated heterocycles. The van der Waals surface area contributed by atoms with E-state index in [1.807, 2.05) is 0 Å². The Balaban J connectivity index is 3.58. The van der Waals surface area contributed by atoms with Gasteiger partial charge >= 0.3 is 11.9 Å². The van der Waals surface area contributed by atoms with Crippen LogP contribution in [-0.2, 0) is 19.1 Å². The molecule has 0 radical (unpaired) electrons. The Morgan fingerprint density at radius 3 is 1.29 bits per heavy atom. The fourth-order valence-corrected chi connectivity index (χ4v) is 4.14. The summed E-state index contributed by atoms with van der Waals surface area (Å²) in [6.07, 6.45) is 24.4. The maximum atomic E-state index is 12.0. The summed E-state index contributed by atoms with van der Waals surface area (Å²) >= 11 is 0. The zero-order chi connectivity index (χ0) is 25.1. The molecule has 0 aliphatic carbocycles. The van der Waals surface area contributed by atoms with Gasteiger partial charge < -0.3 is 14.6 Å². The van der Waals surface area contributed by atoms with Gasteiger partial charge in [-0.1, -0.05) is 129 Å². The molecule has 0 amide bonds. The van der Waals surface area contributed by atoms with Crippen molar-refractivity contribution >= 4 is 11.9 Å². The normalized spacial score (nSPS) is 12.0. The van der Waals surface area contributed by atoms with Crippen LogP contribution in [0.1, 0.15) is 155 Å². The molecular weight excluding hydrogens is 428 g/mol. The predicted octanol–water partition coefficient (Wildman–Crippen LogP) is 8.06. The lowest BCUT2D eigenvalue weighted by atomic mass is 10.1. The van der Waals surface area contributed by atoms with Gasteiger partial charge in [0.15, 0.2) is 6.10 Å². The Hall–Kier alpha value is -1.10. The van der Waals surface area contributed by atoms with Crippen molar-refractivity contribution in [2.75, 3.05) is 13.2 Å². The van der Waals surface area contributed by atoms with Crippen LogP contribution in [0.3, 0.4) is 0 Å². The zero-order valence-electron chi connectivity index (χ0n) is 22.6. The third-order valence-corrected chi connectivity index (χ3v) is 6.40. The maximum Gasteiger partial charge on any atom is 0.306 e. The summed E-state index contributed by atoms with van der Waals surface area (Å²) in [6, 6.07) is 0. The van der Waals surface area contributed by atoms with E-state index in [4.69, 9.17) is 9.47 Å². The number of aliphatic hydroxyl groups is 1. The van der Waals surface area contributed by atoms with E-state index in [1.165, 1.54) is 89.9 Å². The van der Waals surface area contributed by atoms with Gasteiger partial charge in [0, 0.05) is 12.8 Å². The van der Waals surface area contributed by atoms with Crippen LogP contribution in [0.5, 0.6) is 0 Å². The molecule has 1 N–H and O–H groups in total. The van der Waals surface area contributed by atoms with Crippen LogP contribution in [0.15, 0.2) is 0 Å². The molecule has 0 heterocycles. The van der Waals surface area contributed by atoms with Gasteiger partial charge in [-0.3, -0.25) is 9.59 Å². The minimum absolute atomic E-state index is 0.0587. The number of rotatable bonds is 26. The molecule has 0 aromatic carbocycles. The van der Waals surface area contributed by atoms with Gasteiger partial charge in [-0.2, -0.15) is 0 Å². The molecule has 0 bridgehead atoms. The van der Waals surface area contributed by atoms with Gasteiger partial charge in [0.1, 0.15) is 6.61 Å². The molecule has 0 spiro atoms. The van der Waals surface area contributed by atoms with Gasteiger partial charge in [-0.05, 0) is 12.8 Å². The van der Waals surface area contributed by atoms with Crippen LogP contribution < -0.4 is 0 Å². The van der Waals surface area contributed by atoms with Crippen LogP contribution >= 0.6 is 0 Å². The topological polar surface area (TPSA) is 72.8 Å². The molecule has 0 fully saturated rings. The van der Waals surface area contributed by atoms with Gasteiger partial charge in [0.25, 0.3) is 0 Å². The quantitative estimate of drug-likeness (QED) is 0.0992. The number of unbranched alkanes of at least 4 members (excludes halogenated alkanes) is 18. The SMILES string of the molecule is CCCCCCCCCCCCCC(=O)OCC(CO)OC(=O)CCCCCCCCCCC. The average molecular weight is 485 g/mol. The number of carbonyl (C=O) groups excluding carboxylic acids is 2. The molecule has 0 rings (SSSR count). The highest BCUT2D eigenvalue weighted by molar-refractivity contribution is 5.70. The highest BCUT2D eigenvalue weighted by atomic mass is 16.6. The van der Waals surface area contributed by atoms with Crippen molar-refractivity contribution in [2.24, 2.45) is 0 Å². The number of ether oxygens (including phenoxy) is 2. The standard InChI is InChI=1S/C29H56O5/c1-3-5-7-9-11-13-14-16-17-19-21-23-28(31)33-26-27(25-30)34-29(32)24-22-20-18-15-12-10-8-6-4-2/h27,30H,3-26H2,1-2H3. The van der Waals surface area contributed by atoms with Crippen LogP contribution in [0, 0.1) is 0 Å². The van der Waals surface area contributed by atoms with E-state index < -0.39 is 6.10 Å². The van der Waals surface area contributed by atoms with E-state index in [-0.39, 0.29) is 25.2 Å². The minimum atomic E-state index is -0.757. The van der Waals surface area contributed by atoms with Crippen LogP contribution in [0.2, 0.25) is 0 Å². The fraction of sp³-hybridized carbons (Fsp3) is 0.931. The molecule has 5 nitrogen and oxygen atoms in total. The van der Waals surface area contributed by atoms with Crippen molar-refractivity contribution in [3.8, 4) is 0 Å². The van der Waals surface area contributed by atoms with Crippen LogP contribution in [0.4, 0.5) is 0 Å². The smallest absolute Gasteiger partial charge is 0.306 e. The number of hydrogen-bond donors (Lipinski definition) is 1. The zero-order valence-corrected chi connectivity index (χ0v) is 22.6. The first-order chi connectivity index (χ1) is 16.6. The lowest BCUT2D eigenvalue weighted by molar-refractivity contribution is -0.161. The largest absolute Gasteiger partial charge is 0.462 e. The Morgan fingerprint density at radius 1 is 0.559 bits per heavy atom. The molecule has 1 unspecified atom stereocenters. The molecule has 0 aliphatic heterocycles. The molecule has 5 heteroatoms. The third kappa shape index (κ3) is 24.0. The van der Waals surface area contributed by atoms with Crippen molar-refractivity contribution in [3.05, 3.63) is 0 Å². The summed E-state index contributed by atoms with van der Waals surface area (Å²) < 4.78 is 10.5.